The van der Waals surface area contributed by atoms with Crippen molar-refractivity contribution in [1.82, 2.24) is 20.0 Å². The van der Waals surface area contributed by atoms with Crippen molar-refractivity contribution in [2.75, 3.05) is 5.32 Å². The summed E-state index contributed by atoms with van der Waals surface area (Å²) in [5.74, 6) is 0. The summed E-state index contributed by atoms with van der Waals surface area (Å²) < 4.78 is 1.20. The summed E-state index contributed by atoms with van der Waals surface area (Å²) in [7, 11) is 1.56. The van der Waals surface area contributed by atoms with Gasteiger partial charge in [0.25, 0.3) is 5.56 Å². The molecule has 2 N–H and O–H groups in total. The number of aromatic nitrogens is 4. The number of nitrogens with one attached hydrogen (secondary N) is 2. The first-order chi connectivity index (χ1) is 8.97. The van der Waals surface area contributed by atoms with Crippen LogP contribution in [0.4, 0.5) is 5.69 Å². The summed E-state index contributed by atoms with van der Waals surface area (Å²) in [4.78, 5) is 11.6. The number of nitrogens with zero attached hydrogens (tertiary/aromatic N) is 3. The highest BCUT2D eigenvalue weighted by molar-refractivity contribution is 6.32. The molecular weight excluding hydrogens is 266 g/mol. The number of hydrogen-bond acceptors (Lipinski definition) is 4. The summed E-state index contributed by atoms with van der Waals surface area (Å²) in [5.41, 5.74) is 2.22. The largest absolute Gasteiger partial charge is 0.380 e. The number of aryl methyl sites for hydroxylation is 2. The van der Waals surface area contributed by atoms with E-state index in [1.807, 2.05) is 19.9 Å². The maximum atomic E-state index is 11.6. The molecule has 0 radical (unpaired) electrons. The molecule has 19 heavy (non-hydrogen) atoms. The fourth-order valence-electron chi connectivity index (χ4n) is 1.82. The third-order valence-corrected chi connectivity index (χ3v) is 3.12. The highest BCUT2D eigenvalue weighted by atomic mass is 35.5. The third-order valence-electron chi connectivity index (χ3n) is 2.75. The Balaban J connectivity index is 2.09. The van der Waals surface area contributed by atoms with E-state index in [2.05, 4.69) is 20.6 Å². The van der Waals surface area contributed by atoms with E-state index in [4.69, 9.17) is 11.6 Å². The topological polar surface area (TPSA) is 75.6 Å². The van der Waals surface area contributed by atoms with Crippen LogP contribution in [0.5, 0.6) is 0 Å². The van der Waals surface area contributed by atoms with Crippen LogP contribution < -0.4 is 10.9 Å². The first-order valence-corrected chi connectivity index (χ1v) is 6.34. The number of aromatic amines is 1. The summed E-state index contributed by atoms with van der Waals surface area (Å²) in [6.07, 6.45) is 2.28. The maximum Gasteiger partial charge on any atom is 0.287 e. The molecule has 2 aromatic rings. The van der Waals surface area contributed by atoms with E-state index >= 15 is 0 Å². The summed E-state index contributed by atoms with van der Waals surface area (Å²) in [5, 5.41) is 14.3. The fraction of sp³-hybridized carbons (Fsp3) is 0.417. The van der Waals surface area contributed by atoms with Crippen molar-refractivity contribution >= 4 is 17.3 Å². The molecule has 2 heterocycles. The molecule has 102 valence electrons. The van der Waals surface area contributed by atoms with E-state index in [0.717, 1.165) is 17.8 Å². The van der Waals surface area contributed by atoms with Crippen molar-refractivity contribution in [3.63, 3.8) is 0 Å². The Kier molecular flexibility index (Phi) is 3.90. The van der Waals surface area contributed by atoms with Gasteiger partial charge in [-0.05, 0) is 19.9 Å². The Bertz CT molecular complexity index is 633. The van der Waals surface area contributed by atoms with Gasteiger partial charge in [0, 0.05) is 25.2 Å². The van der Waals surface area contributed by atoms with Crippen molar-refractivity contribution in [1.29, 1.82) is 0 Å². The molecule has 0 spiro atoms. The lowest BCUT2D eigenvalue weighted by Crippen LogP contribution is -2.24. The van der Waals surface area contributed by atoms with Gasteiger partial charge in [-0.2, -0.15) is 10.2 Å². The van der Waals surface area contributed by atoms with Crippen LogP contribution in [0, 0.1) is 6.92 Å². The van der Waals surface area contributed by atoms with Crippen LogP contribution in [-0.2, 0) is 13.5 Å². The molecule has 0 aliphatic heterocycles. The minimum atomic E-state index is -0.311. The first kappa shape index (κ1) is 13.6. The van der Waals surface area contributed by atoms with Gasteiger partial charge in [-0.3, -0.25) is 9.89 Å². The van der Waals surface area contributed by atoms with E-state index < -0.39 is 0 Å². The van der Waals surface area contributed by atoms with Gasteiger partial charge in [-0.25, -0.2) is 4.68 Å². The molecule has 0 saturated heterocycles. The molecule has 0 amide bonds. The lowest BCUT2D eigenvalue weighted by Gasteiger charge is -2.14. The lowest BCUT2D eigenvalue weighted by molar-refractivity contribution is 0.702. The molecule has 2 aromatic heterocycles. The van der Waals surface area contributed by atoms with Gasteiger partial charge in [0.05, 0.1) is 17.6 Å². The number of halogens is 1. The average molecular weight is 282 g/mol. The Morgan fingerprint density at radius 2 is 2.32 bits per heavy atom. The van der Waals surface area contributed by atoms with E-state index in [0.29, 0.717) is 5.69 Å². The monoisotopic (exact) mass is 281 g/mol. The van der Waals surface area contributed by atoms with Crippen LogP contribution in [0.3, 0.4) is 0 Å². The molecule has 1 atom stereocenters. The zero-order valence-corrected chi connectivity index (χ0v) is 11.8. The summed E-state index contributed by atoms with van der Waals surface area (Å²) >= 11 is 5.99. The second kappa shape index (κ2) is 5.44. The molecular formula is C12H16ClN5O. The van der Waals surface area contributed by atoms with Crippen molar-refractivity contribution in [3.8, 4) is 0 Å². The van der Waals surface area contributed by atoms with Crippen LogP contribution in [-0.4, -0.2) is 26.0 Å². The van der Waals surface area contributed by atoms with Crippen molar-refractivity contribution in [2.45, 2.75) is 26.3 Å². The van der Waals surface area contributed by atoms with Gasteiger partial charge >= 0.3 is 0 Å². The van der Waals surface area contributed by atoms with Gasteiger partial charge < -0.3 is 5.32 Å². The van der Waals surface area contributed by atoms with Gasteiger partial charge in [0.15, 0.2) is 0 Å². The van der Waals surface area contributed by atoms with E-state index in [1.165, 1.54) is 4.68 Å². The van der Waals surface area contributed by atoms with Crippen molar-refractivity contribution in [3.05, 3.63) is 39.0 Å². The zero-order valence-electron chi connectivity index (χ0n) is 11.1. The molecule has 0 aromatic carbocycles. The predicted octanol–water partition coefficient (Wildman–Crippen LogP) is 1.51. The van der Waals surface area contributed by atoms with Crippen LogP contribution in [0.15, 0.2) is 17.1 Å². The highest BCUT2D eigenvalue weighted by Gasteiger charge is 2.11. The van der Waals surface area contributed by atoms with Crippen molar-refractivity contribution < 1.29 is 0 Å². The van der Waals surface area contributed by atoms with Crippen molar-refractivity contribution in [2.24, 2.45) is 7.05 Å². The number of hydrogen-bond donors (Lipinski definition) is 2. The van der Waals surface area contributed by atoms with Crippen LogP contribution >= 0.6 is 11.6 Å². The standard InChI is InChI=1S/C12H16ClN5O/c1-7(4-9-5-8(2)16-17-9)15-10-6-14-18(3)12(19)11(10)13/h5-7,15H,4H2,1-3H3,(H,16,17). The zero-order chi connectivity index (χ0) is 14.0. The Morgan fingerprint density at radius 1 is 1.58 bits per heavy atom. The van der Waals surface area contributed by atoms with Crippen LogP contribution in [0.25, 0.3) is 0 Å². The van der Waals surface area contributed by atoms with Gasteiger partial charge in [0.1, 0.15) is 5.02 Å². The van der Waals surface area contributed by atoms with Crippen LogP contribution in [0.1, 0.15) is 18.3 Å². The maximum absolute atomic E-state index is 11.6. The minimum absolute atomic E-state index is 0.0918. The number of anilines is 1. The van der Waals surface area contributed by atoms with E-state index in [1.54, 1.807) is 13.2 Å². The average Bonchev–Trinajstić information content (AvgIpc) is 2.75. The van der Waals surface area contributed by atoms with Crippen LogP contribution in [0.2, 0.25) is 5.02 Å². The quantitative estimate of drug-likeness (QED) is 0.891. The summed E-state index contributed by atoms with van der Waals surface area (Å²) in [6, 6.07) is 2.08. The first-order valence-electron chi connectivity index (χ1n) is 5.96. The van der Waals surface area contributed by atoms with E-state index in [-0.39, 0.29) is 16.6 Å². The molecule has 7 heteroatoms. The number of rotatable bonds is 4. The minimum Gasteiger partial charge on any atom is -0.380 e. The Labute approximate surface area is 115 Å². The number of H-pyrrole nitrogens is 1. The second-order valence-electron chi connectivity index (χ2n) is 4.59. The second-order valence-corrected chi connectivity index (χ2v) is 4.97. The Hall–Kier alpha value is -1.82. The normalized spacial score (nSPS) is 12.4. The van der Waals surface area contributed by atoms with Gasteiger partial charge in [-0.15, -0.1) is 0 Å². The fourth-order valence-corrected chi connectivity index (χ4v) is 2.05. The third kappa shape index (κ3) is 3.14. The Morgan fingerprint density at radius 3 is 2.95 bits per heavy atom. The molecule has 2 rings (SSSR count). The lowest BCUT2D eigenvalue weighted by atomic mass is 10.1. The SMILES string of the molecule is Cc1cc(CC(C)Nc2cnn(C)c(=O)c2Cl)n[nH]1. The molecule has 0 aliphatic carbocycles. The van der Waals surface area contributed by atoms with Gasteiger partial charge in [-0.1, -0.05) is 11.6 Å². The smallest absolute Gasteiger partial charge is 0.287 e. The highest BCUT2D eigenvalue weighted by Crippen LogP contribution is 2.17. The molecule has 0 bridgehead atoms. The van der Waals surface area contributed by atoms with E-state index in [9.17, 15) is 4.79 Å². The predicted molar refractivity (Wildman–Crippen MR) is 74.6 cm³/mol. The molecule has 6 nitrogen and oxygen atoms in total. The van der Waals surface area contributed by atoms with Gasteiger partial charge in [0.2, 0.25) is 0 Å². The molecule has 0 saturated carbocycles. The molecule has 0 aliphatic rings. The summed E-state index contributed by atoms with van der Waals surface area (Å²) in [6.45, 7) is 3.95. The molecule has 1 unspecified atom stereocenters. The molecule has 0 fully saturated rings.